The minimum atomic E-state index is -0.238. The van der Waals surface area contributed by atoms with Gasteiger partial charge in [0.15, 0.2) is 0 Å². The molecular formula is C60H72N8O6. The molecule has 2 N–H and O–H groups in total. The number of carbonyl (C=O) groups is 2. The predicted molar refractivity (Wildman–Crippen MR) is 285 cm³/mol. The van der Waals surface area contributed by atoms with Gasteiger partial charge in [0.2, 0.25) is 11.8 Å². The van der Waals surface area contributed by atoms with Gasteiger partial charge >= 0.3 is 0 Å². The minimum Gasteiger partial charge on any atom is -0.493 e. The van der Waals surface area contributed by atoms with Gasteiger partial charge in [-0.3, -0.25) is 19.4 Å². The van der Waals surface area contributed by atoms with E-state index in [1.165, 1.54) is 17.5 Å². The summed E-state index contributed by atoms with van der Waals surface area (Å²) in [6.07, 6.45) is 13.5. The highest BCUT2D eigenvalue weighted by Gasteiger charge is 2.39. The van der Waals surface area contributed by atoms with Crippen molar-refractivity contribution in [3.63, 3.8) is 0 Å². The molecule has 7 heterocycles. The zero-order chi connectivity index (χ0) is 50.1. The van der Waals surface area contributed by atoms with Crippen LogP contribution in [0.3, 0.4) is 0 Å². The first kappa shape index (κ1) is 50.0. The van der Waals surface area contributed by atoms with E-state index in [1.54, 1.807) is 0 Å². The van der Waals surface area contributed by atoms with Crippen molar-refractivity contribution in [3.05, 3.63) is 137 Å². The smallest absolute Gasteiger partial charge is 0.227 e. The van der Waals surface area contributed by atoms with Crippen LogP contribution in [0.4, 0.5) is 0 Å². The van der Waals surface area contributed by atoms with Crippen LogP contribution >= 0.6 is 0 Å². The number of ether oxygens (including phenoxy) is 4. The lowest BCUT2D eigenvalue weighted by Crippen LogP contribution is -2.36. The SMILES string of the molecule is O=C(Cc1ccccc1CN1CCOCC1)N1CCC[C@H]1c1ncc(-c2ccc(-c3ccc4c(c3)OCCCCCCCCO[C@H]3C[C@@H](c5ncc-4[nH]5)N(C(=O)Cc4ccccc4CN4CCOCC4)C3)cc2)[nH]1. The Bertz CT molecular complexity index is 2820. The molecule has 0 radical (unpaired) electrons. The molecule has 2 amide bonds. The molecule has 11 rings (SSSR count). The van der Waals surface area contributed by atoms with Crippen molar-refractivity contribution in [2.24, 2.45) is 0 Å². The summed E-state index contributed by atoms with van der Waals surface area (Å²) in [5.74, 6) is 2.64. The first-order chi connectivity index (χ1) is 36.5. The molecule has 4 saturated heterocycles. The molecule has 6 aromatic rings. The highest BCUT2D eigenvalue weighted by atomic mass is 16.5. The second-order valence-electron chi connectivity index (χ2n) is 20.8. The number of H-pyrrole nitrogens is 2. The van der Waals surface area contributed by atoms with Gasteiger partial charge in [0.1, 0.15) is 17.4 Å². The summed E-state index contributed by atoms with van der Waals surface area (Å²) >= 11 is 0. The van der Waals surface area contributed by atoms with Gasteiger partial charge in [0.25, 0.3) is 0 Å². The van der Waals surface area contributed by atoms with Crippen molar-refractivity contribution in [3.8, 4) is 39.4 Å². The molecule has 0 unspecified atom stereocenters. The monoisotopic (exact) mass is 1000 g/mol. The normalized spacial score (nSPS) is 21.4. The Morgan fingerprint density at radius 1 is 0.541 bits per heavy atom. The van der Waals surface area contributed by atoms with Crippen molar-refractivity contribution in [1.29, 1.82) is 0 Å². The zero-order valence-electron chi connectivity index (χ0n) is 42.9. The average Bonchev–Trinajstić information content (AvgIpc) is 4.29. The Morgan fingerprint density at radius 2 is 1.09 bits per heavy atom. The highest BCUT2D eigenvalue weighted by molar-refractivity contribution is 5.81. The Labute approximate surface area is 435 Å². The van der Waals surface area contributed by atoms with E-state index in [2.05, 4.69) is 98.6 Å². The van der Waals surface area contributed by atoms with Crippen molar-refractivity contribution in [2.75, 3.05) is 78.9 Å². The standard InChI is InChI=1S/C60H72N8O6/c69-57(35-45-12-5-7-14-48(45)40-65-24-30-71-31-25-65)67-23-11-16-54(67)59-61-38-52(63-59)44-19-17-43(18-20-44)47-21-22-51-53-39-62-60(64-53)55-37-50(73-28-9-3-1-2-4-10-29-74-56(51)34-47)42-68(55)58(70)36-46-13-6-8-15-49(46)41-66-26-32-72-33-27-66/h5-8,12-15,17-22,34,38-39,50,54-55H,1-4,9-11,16,23-33,35-37,40-42H2,(H,61,63)(H,62,64)/t50-,54-,55-/m0/s1. The van der Waals surface area contributed by atoms with Crippen molar-refractivity contribution >= 4 is 11.8 Å². The number of carbonyl (C=O) groups excluding carboxylic acids is 2. The van der Waals surface area contributed by atoms with Crippen molar-refractivity contribution in [1.82, 2.24) is 39.5 Å². The fourth-order valence-electron chi connectivity index (χ4n) is 11.6. The number of hydrogen-bond acceptors (Lipinski definition) is 10. The van der Waals surface area contributed by atoms with E-state index in [1.807, 2.05) is 34.3 Å². The van der Waals surface area contributed by atoms with E-state index in [0.717, 1.165) is 179 Å². The van der Waals surface area contributed by atoms with Gasteiger partial charge in [-0.05, 0) is 76.8 Å². The van der Waals surface area contributed by atoms with Crippen LogP contribution in [0.1, 0.15) is 104 Å². The fraction of sp³-hybridized carbons (Fsp3) is 0.467. The van der Waals surface area contributed by atoms with Gasteiger partial charge < -0.3 is 38.7 Å². The van der Waals surface area contributed by atoms with Crippen LogP contribution in [-0.4, -0.2) is 136 Å². The summed E-state index contributed by atoms with van der Waals surface area (Å²) < 4.78 is 24.3. The lowest BCUT2D eigenvalue weighted by Gasteiger charge is -2.28. The van der Waals surface area contributed by atoms with Crippen LogP contribution in [0, 0.1) is 0 Å². The number of likely N-dealkylation sites (tertiary alicyclic amines) is 2. The molecule has 5 aliphatic rings. The second-order valence-corrected chi connectivity index (χ2v) is 20.8. The number of benzene rings is 4. The van der Waals surface area contributed by atoms with Crippen LogP contribution in [0.25, 0.3) is 33.6 Å². The molecule has 4 bridgehead atoms. The van der Waals surface area contributed by atoms with E-state index >= 15 is 0 Å². The van der Waals surface area contributed by atoms with Gasteiger partial charge in [-0.15, -0.1) is 0 Å². The van der Waals surface area contributed by atoms with Crippen LogP contribution in [0.2, 0.25) is 0 Å². The molecule has 74 heavy (non-hydrogen) atoms. The summed E-state index contributed by atoms with van der Waals surface area (Å²) in [4.78, 5) is 54.3. The molecule has 4 aromatic carbocycles. The maximum Gasteiger partial charge on any atom is 0.227 e. The van der Waals surface area contributed by atoms with Crippen molar-refractivity contribution < 1.29 is 28.5 Å². The van der Waals surface area contributed by atoms with Gasteiger partial charge in [-0.1, -0.05) is 105 Å². The lowest BCUT2D eigenvalue weighted by molar-refractivity contribution is -0.132. The number of hydrogen-bond donors (Lipinski definition) is 2. The number of morpholine rings is 2. The van der Waals surface area contributed by atoms with Gasteiger partial charge in [-0.2, -0.15) is 0 Å². The number of rotatable bonds is 11. The van der Waals surface area contributed by atoms with E-state index in [0.29, 0.717) is 39.0 Å². The maximum atomic E-state index is 14.4. The number of aromatic nitrogens is 4. The Hall–Kier alpha value is -6.16. The molecule has 0 spiro atoms. The largest absolute Gasteiger partial charge is 0.493 e. The van der Waals surface area contributed by atoms with Crippen LogP contribution in [-0.2, 0) is 49.7 Å². The van der Waals surface area contributed by atoms with Gasteiger partial charge in [0.05, 0.1) is 87.8 Å². The molecule has 0 saturated carbocycles. The number of amides is 2. The van der Waals surface area contributed by atoms with E-state index in [4.69, 9.17) is 28.9 Å². The van der Waals surface area contributed by atoms with E-state index in [-0.39, 0.29) is 30.0 Å². The second kappa shape index (κ2) is 24.0. The summed E-state index contributed by atoms with van der Waals surface area (Å²) in [6, 6.07) is 31.4. The molecule has 0 aliphatic carbocycles. The third-order valence-corrected chi connectivity index (χ3v) is 15.8. The molecule has 5 aliphatic heterocycles. The molecule has 2 aromatic heterocycles. The predicted octanol–water partition coefficient (Wildman–Crippen LogP) is 9.34. The topological polar surface area (TPSA) is 141 Å². The molecule has 3 atom stereocenters. The maximum absolute atomic E-state index is 14.4. The third kappa shape index (κ3) is 12.0. The van der Waals surface area contributed by atoms with Crippen LogP contribution in [0.15, 0.2) is 103 Å². The van der Waals surface area contributed by atoms with Gasteiger partial charge in [0, 0.05) is 70.9 Å². The first-order valence-electron chi connectivity index (χ1n) is 27.4. The molecular weight excluding hydrogens is 929 g/mol. The lowest BCUT2D eigenvalue weighted by atomic mass is 10.00. The van der Waals surface area contributed by atoms with Crippen LogP contribution in [0.5, 0.6) is 5.75 Å². The Kier molecular flexibility index (Phi) is 16.2. The zero-order valence-corrected chi connectivity index (χ0v) is 42.9. The fourth-order valence-corrected chi connectivity index (χ4v) is 11.6. The Morgan fingerprint density at radius 3 is 1.77 bits per heavy atom. The van der Waals surface area contributed by atoms with Crippen molar-refractivity contribution in [2.45, 2.75) is 102 Å². The Balaban J connectivity index is 0.787. The number of aromatic amines is 2. The van der Waals surface area contributed by atoms with E-state index in [9.17, 15) is 9.59 Å². The number of fused-ring (bicyclic) bond motifs is 7. The molecule has 14 heteroatoms. The number of nitrogens with zero attached hydrogens (tertiary/aromatic N) is 6. The average molecular weight is 1000 g/mol. The number of nitrogens with one attached hydrogen (secondary N) is 2. The summed E-state index contributed by atoms with van der Waals surface area (Å²) in [6.45, 7) is 10.8. The third-order valence-electron chi connectivity index (χ3n) is 15.8. The summed E-state index contributed by atoms with van der Waals surface area (Å²) in [5.41, 5.74) is 10.4. The highest BCUT2D eigenvalue weighted by Crippen LogP contribution is 2.39. The van der Waals surface area contributed by atoms with Crippen LogP contribution < -0.4 is 4.74 Å². The molecule has 14 nitrogen and oxygen atoms in total. The summed E-state index contributed by atoms with van der Waals surface area (Å²) in [7, 11) is 0. The number of imidazole rings is 2. The molecule has 388 valence electrons. The summed E-state index contributed by atoms with van der Waals surface area (Å²) in [5, 5.41) is 0. The van der Waals surface area contributed by atoms with E-state index < -0.39 is 0 Å². The minimum absolute atomic E-state index is 0.0569. The molecule has 4 fully saturated rings. The first-order valence-corrected chi connectivity index (χ1v) is 27.4. The van der Waals surface area contributed by atoms with Gasteiger partial charge in [-0.25, -0.2) is 9.97 Å². The quantitative estimate of drug-likeness (QED) is 0.129.